The maximum atomic E-state index is 12.7. The second kappa shape index (κ2) is 11.2. The van der Waals surface area contributed by atoms with Gasteiger partial charge in [0, 0.05) is 17.6 Å². The van der Waals surface area contributed by atoms with Gasteiger partial charge in [0.05, 0.1) is 31.8 Å². The predicted molar refractivity (Wildman–Crippen MR) is 134 cm³/mol. The minimum atomic E-state index is -0.293. The molecule has 4 rings (SSSR count). The lowest BCUT2D eigenvalue weighted by Crippen LogP contribution is -2.19. The monoisotopic (exact) mass is 480 g/mol. The van der Waals surface area contributed by atoms with Crippen molar-refractivity contribution in [3.63, 3.8) is 0 Å². The zero-order valence-electron chi connectivity index (χ0n) is 20.7. The number of rotatable bonds is 10. The van der Waals surface area contributed by atoms with Crippen LogP contribution in [0.1, 0.15) is 64.0 Å². The molecule has 2 unspecified atom stereocenters. The molecule has 0 amide bonds. The summed E-state index contributed by atoms with van der Waals surface area (Å²) in [5.41, 5.74) is 19.5. The van der Waals surface area contributed by atoms with Crippen molar-refractivity contribution in [3.8, 4) is 5.75 Å². The molecule has 0 heterocycles. The van der Waals surface area contributed by atoms with E-state index in [0.717, 1.165) is 59.3 Å². The van der Waals surface area contributed by atoms with Crippen LogP contribution in [0.4, 0.5) is 0 Å². The van der Waals surface area contributed by atoms with Gasteiger partial charge in [-0.3, -0.25) is 4.79 Å². The van der Waals surface area contributed by atoms with Gasteiger partial charge in [0.15, 0.2) is 0 Å². The summed E-state index contributed by atoms with van der Waals surface area (Å²) in [6, 6.07) is 7.91. The van der Waals surface area contributed by atoms with Crippen LogP contribution in [0.3, 0.4) is 0 Å². The Hall–Kier alpha value is -2.90. The van der Waals surface area contributed by atoms with Gasteiger partial charge in [-0.1, -0.05) is 12.1 Å². The molecule has 2 aromatic rings. The van der Waals surface area contributed by atoms with Crippen LogP contribution in [0.5, 0.6) is 5.75 Å². The van der Waals surface area contributed by atoms with Crippen LogP contribution in [0.25, 0.3) is 0 Å². The summed E-state index contributed by atoms with van der Waals surface area (Å²) >= 11 is 0. The van der Waals surface area contributed by atoms with Gasteiger partial charge in [-0.25, -0.2) is 4.79 Å². The van der Waals surface area contributed by atoms with Crippen molar-refractivity contribution in [2.24, 2.45) is 11.5 Å². The number of hydrogen-bond donors (Lipinski definition) is 2. The highest BCUT2D eigenvalue weighted by molar-refractivity contribution is 5.92. The number of carbonyl (C=O) groups excluding carboxylic acids is 2. The van der Waals surface area contributed by atoms with Crippen LogP contribution in [0, 0.1) is 0 Å². The third-order valence-corrected chi connectivity index (χ3v) is 6.86. The van der Waals surface area contributed by atoms with Gasteiger partial charge in [-0.05, 0) is 92.3 Å². The van der Waals surface area contributed by atoms with Crippen molar-refractivity contribution >= 4 is 11.9 Å². The Balaban J connectivity index is 1.36. The van der Waals surface area contributed by atoms with Gasteiger partial charge in [-0.2, -0.15) is 0 Å². The summed E-state index contributed by atoms with van der Waals surface area (Å²) in [7, 11) is 0. The lowest BCUT2D eigenvalue weighted by Gasteiger charge is -2.15. The molecule has 7 nitrogen and oxygen atoms in total. The smallest absolute Gasteiger partial charge is 0.338 e. The highest BCUT2D eigenvalue weighted by atomic mass is 16.5. The first kappa shape index (κ1) is 25.2. The topological polar surface area (TPSA) is 114 Å². The second-order valence-electron chi connectivity index (χ2n) is 9.40. The molecule has 2 aromatic carbocycles. The average molecular weight is 481 g/mol. The van der Waals surface area contributed by atoms with E-state index in [4.69, 9.17) is 25.7 Å². The standard InChI is InChI=1S/C28H36N2O5/c1-3-33-26-10-8-18-12-19(29)13-23(18)25(26)16-27(31)35-11-5-6-17-7-9-21(28(32)34-4-2)24-15-20(30)14-22(17)24/h7-10,19-20H,3-6,11-16,29-30H2,1-2H3. The third kappa shape index (κ3) is 5.68. The number of aryl methyl sites for hydroxylation is 1. The molecular weight excluding hydrogens is 444 g/mol. The molecule has 0 saturated heterocycles. The summed E-state index contributed by atoms with van der Waals surface area (Å²) in [6.45, 7) is 4.95. The van der Waals surface area contributed by atoms with Crippen molar-refractivity contribution in [3.05, 3.63) is 63.2 Å². The fourth-order valence-corrected chi connectivity index (χ4v) is 5.37. The van der Waals surface area contributed by atoms with Crippen LogP contribution in [-0.4, -0.2) is 43.8 Å². The summed E-state index contributed by atoms with van der Waals surface area (Å²) in [5, 5.41) is 0. The molecule has 0 aliphatic heterocycles. The summed E-state index contributed by atoms with van der Waals surface area (Å²) in [4.78, 5) is 25.0. The van der Waals surface area contributed by atoms with Gasteiger partial charge in [0.1, 0.15) is 5.75 Å². The number of carbonyl (C=O) groups is 2. The van der Waals surface area contributed by atoms with Crippen LogP contribution in [-0.2, 0) is 52.8 Å². The molecule has 2 atom stereocenters. The molecule has 188 valence electrons. The largest absolute Gasteiger partial charge is 0.494 e. The minimum Gasteiger partial charge on any atom is -0.494 e. The molecule has 7 heteroatoms. The quantitative estimate of drug-likeness (QED) is 0.397. The van der Waals surface area contributed by atoms with Gasteiger partial charge in [-0.15, -0.1) is 0 Å². The summed E-state index contributed by atoms with van der Waals surface area (Å²) in [5.74, 6) is 0.189. The van der Waals surface area contributed by atoms with Crippen LogP contribution < -0.4 is 16.2 Å². The van der Waals surface area contributed by atoms with E-state index in [0.29, 0.717) is 38.2 Å². The molecule has 0 saturated carbocycles. The first-order chi connectivity index (χ1) is 16.9. The van der Waals surface area contributed by atoms with Crippen molar-refractivity contribution in [2.45, 2.75) is 70.9 Å². The van der Waals surface area contributed by atoms with E-state index in [2.05, 4.69) is 6.07 Å². The molecule has 2 aliphatic carbocycles. The molecule has 0 radical (unpaired) electrons. The lowest BCUT2D eigenvalue weighted by atomic mass is 9.95. The number of hydrogen-bond acceptors (Lipinski definition) is 7. The Morgan fingerprint density at radius 1 is 0.886 bits per heavy atom. The van der Waals surface area contributed by atoms with E-state index >= 15 is 0 Å². The molecule has 0 fully saturated rings. The highest BCUT2D eigenvalue weighted by Crippen LogP contribution is 2.33. The minimum absolute atomic E-state index is 0.0115. The zero-order chi connectivity index (χ0) is 24.9. The van der Waals surface area contributed by atoms with Gasteiger partial charge >= 0.3 is 11.9 Å². The fourth-order valence-electron chi connectivity index (χ4n) is 5.37. The van der Waals surface area contributed by atoms with Crippen molar-refractivity contribution in [1.82, 2.24) is 0 Å². The number of benzene rings is 2. The average Bonchev–Trinajstić information content (AvgIpc) is 3.40. The molecule has 2 aliphatic rings. The summed E-state index contributed by atoms with van der Waals surface area (Å²) in [6.07, 6.45) is 4.65. The number of esters is 2. The Morgan fingerprint density at radius 2 is 1.63 bits per heavy atom. The maximum Gasteiger partial charge on any atom is 0.338 e. The Bertz CT molecular complexity index is 1100. The van der Waals surface area contributed by atoms with Crippen molar-refractivity contribution < 1.29 is 23.8 Å². The lowest BCUT2D eigenvalue weighted by molar-refractivity contribution is -0.142. The first-order valence-corrected chi connectivity index (χ1v) is 12.6. The van der Waals surface area contributed by atoms with Crippen molar-refractivity contribution in [2.75, 3.05) is 19.8 Å². The molecule has 4 N–H and O–H groups in total. The molecule has 35 heavy (non-hydrogen) atoms. The Labute approximate surface area is 207 Å². The molecule has 0 aromatic heterocycles. The van der Waals surface area contributed by atoms with E-state index in [-0.39, 0.29) is 30.4 Å². The van der Waals surface area contributed by atoms with E-state index in [1.807, 2.05) is 25.1 Å². The van der Waals surface area contributed by atoms with Crippen LogP contribution in [0.2, 0.25) is 0 Å². The third-order valence-electron chi connectivity index (χ3n) is 6.86. The van der Waals surface area contributed by atoms with Gasteiger partial charge < -0.3 is 25.7 Å². The predicted octanol–water partition coefficient (Wildman–Crippen LogP) is 2.83. The van der Waals surface area contributed by atoms with E-state index < -0.39 is 0 Å². The normalized spacial score (nSPS) is 18.2. The SMILES string of the molecule is CCOC(=O)c1ccc(CCCOC(=O)Cc2c(OCC)ccc3c2CC(N)C3)c2c1CC(N)C2. The molecule has 0 bridgehead atoms. The van der Waals surface area contributed by atoms with Gasteiger partial charge in [0.2, 0.25) is 0 Å². The van der Waals surface area contributed by atoms with Gasteiger partial charge in [0.25, 0.3) is 0 Å². The molecular formula is C28H36N2O5. The Kier molecular flexibility index (Phi) is 8.08. The molecule has 0 spiro atoms. The number of nitrogens with two attached hydrogens (primary N) is 2. The van der Waals surface area contributed by atoms with E-state index in [9.17, 15) is 9.59 Å². The van der Waals surface area contributed by atoms with Crippen LogP contribution >= 0.6 is 0 Å². The first-order valence-electron chi connectivity index (χ1n) is 12.6. The fraction of sp³-hybridized carbons (Fsp3) is 0.500. The van der Waals surface area contributed by atoms with E-state index in [1.54, 1.807) is 6.92 Å². The van der Waals surface area contributed by atoms with Crippen molar-refractivity contribution in [1.29, 1.82) is 0 Å². The number of fused-ring (bicyclic) bond motifs is 2. The van der Waals surface area contributed by atoms with Crippen LogP contribution in [0.15, 0.2) is 24.3 Å². The summed E-state index contributed by atoms with van der Waals surface area (Å²) < 4.78 is 16.6. The zero-order valence-corrected chi connectivity index (χ0v) is 20.7. The van der Waals surface area contributed by atoms with E-state index in [1.165, 1.54) is 5.56 Å². The Morgan fingerprint density at radius 3 is 2.40 bits per heavy atom. The second-order valence-corrected chi connectivity index (χ2v) is 9.40. The number of ether oxygens (including phenoxy) is 3. The highest BCUT2D eigenvalue weighted by Gasteiger charge is 2.27. The maximum absolute atomic E-state index is 12.7.